The normalized spacial score (nSPS) is 25.4. The molecule has 1 N–H and O–H groups in total. The average Bonchev–Trinajstić information content (AvgIpc) is 2.86. The van der Waals surface area contributed by atoms with Crippen molar-refractivity contribution in [3.05, 3.63) is 28.8 Å². The van der Waals surface area contributed by atoms with Crippen molar-refractivity contribution in [1.82, 2.24) is 9.62 Å². The number of nitrogens with one attached hydrogen (secondary N) is 1. The highest BCUT2D eigenvalue weighted by molar-refractivity contribution is 7.89. The van der Waals surface area contributed by atoms with Crippen LogP contribution in [0.15, 0.2) is 23.1 Å². The molecule has 25 heavy (non-hydrogen) atoms. The van der Waals surface area contributed by atoms with Crippen molar-refractivity contribution in [2.75, 3.05) is 19.6 Å². The van der Waals surface area contributed by atoms with Crippen LogP contribution in [0, 0.1) is 5.41 Å². The zero-order valence-corrected chi connectivity index (χ0v) is 14.6. The van der Waals surface area contributed by atoms with Gasteiger partial charge in [-0.3, -0.25) is 4.79 Å². The number of sulfonamides is 1. The predicted molar refractivity (Wildman–Crippen MR) is 84.5 cm³/mol. The Balaban J connectivity index is 1.93. The third-order valence-corrected chi connectivity index (χ3v) is 7.12. The Labute approximate surface area is 148 Å². The largest absolute Gasteiger partial charge is 0.416 e. The molecule has 2 aliphatic heterocycles. The van der Waals surface area contributed by atoms with E-state index in [4.69, 9.17) is 11.6 Å². The van der Waals surface area contributed by atoms with E-state index in [1.807, 2.05) is 0 Å². The quantitative estimate of drug-likeness (QED) is 0.835. The van der Waals surface area contributed by atoms with Gasteiger partial charge in [0, 0.05) is 19.6 Å². The molecule has 1 atom stereocenters. The SMILES string of the molecule is O=C1NCCC12CCCN(S(=O)(=O)c1ccc(C(F)(F)F)cc1Cl)C2. The van der Waals surface area contributed by atoms with Crippen LogP contribution >= 0.6 is 11.6 Å². The van der Waals surface area contributed by atoms with Gasteiger partial charge in [0.05, 0.1) is 16.0 Å². The summed E-state index contributed by atoms with van der Waals surface area (Å²) in [6.07, 6.45) is -2.97. The van der Waals surface area contributed by atoms with Gasteiger partial charge in [0.1, 0.15) is 4.90 Å². The molecule has 0 radical (unpaired) electrons. The Bertz CT molecular complexity index is 813. The third kappa shape index (κ3) is 3.24. The van der Waals surface area contributed by atoms with Crippen LogP contribution in [0.4, 0.5) is 13.2 Å². The number of piperidine rings is 1. The number of benzene rings is 1. The van der Waals surface area contributed by atoms with Crippen molar-refractivity contribution in [3.8, 4) is 0 Å². The Morgan fingerprint density at radius 2 is 1.96 bits per heavy atom. The summed E-state index contributed by atoms with van der Waals surface area (Å²) in [4.78, 5) is 11.7. The summed E-state index contributed by atoms with van der Waals surface area (Å²) >= 11 is 5.83. The molecular formula is C15H16ClF3N2O3S. The molecule has 3 rings (SSSR count). The van der Waals surface area contributed by atoms with Gasteiger partial charge in [0.15, 0.2) is 0 Å². The Kier molecular flexibility index (Phi) is 4.53. The maximum absolute atomic E-state index is 12.8. The molecule has 1 amide bonds. The maximum Gasteiger partial charge on any atom is 0.416 e. The van der Waals surface area contributed by atoms with Crippen LogP contribution in [0.25, 0.3) is 0 Å². The van der Waals surface area contributed by atoms with Crippen molar-refractivity contribution >= 4 is 27.5 Å². The van der Waals surface area contributed by atoms with Crippen molar-refractivity contribution in [3.63, 3.8) is 0 Å². The van der Waals surface area contributed by atoms with Gasteiger partial charge in [-0.15, -0.1) is 0 Å². The van der Waals surface area contributed by atoms with Crippen LogP contribution < -0.4 is 5.32 Å². The number of carbonyl (C=O) groups excluding carboxylic acids is 1. The summed E-state index contributed by atoms with van der Waals surface area (Å²) in [6.45, 7) is 0.709. The second-order valence-corrected chi connectivity index (χ2v) is 8.68. The van der Waals surface area contributed by atoms with Crippen LogP contribution in [-0.2, 0) is 21.0 Å². The number of rotatable bonds is 2. The molecule has 138 valence electrons. The van der Waals surface area contributed by atoms with Crippen molar-refractivity contribution < 1.29 is 26.4 Å². The van der Waals surface area contributed by atoms with Crippen LogP contribution in [-0.4, -0.2) is 38.3 Å². The first-order valence-corrected chi connectivity index (χ1v) is 9.53. The summed E-state index contributed by atoms with van der Waals surface area (Å²) in [6, 6.07) is 2.17. The van der Waals surface area contributed by atoms with E-state index in [1.54, 1.807) is 0 Å². The van der Waals surface area contributed by atoms with Crippen LogP contribution in [0.3, 0.4) is 0 Å². The third-order valence-electron chi connectivity index (χ3n) is 4.79. The van der Waals surface area contributed by atoms with Crippen LogP contribution in [0.2, 0.25) is 5.02 Å². The lowest BCUT2D eigenvalue weighted by molar-refractivity contribution is -0.137. The monoisotopic (exact) mass is 396 g/mol. The number of halogens is 4. The second-order valence-electron chi connectivity index (χ2n) is 6.37. The molecule has 2 aliphatic rings. The van der Waals surface area contributed by atoms with Gasteiger partial charge in [-0.1, -0.05) is 11.6 Å². The molecule has 0 aromatic heterocycles. The fourth-order valence-electron chi connectivity index (χ4n) is 3.43. The number of alkyl halides is 3. The summed E-state index contributed by atoms with van der Waals surface area (Å²) in [7, 11) is -4.09. The lowest BCUT2D eigenvalue weighted by atomic mass is 9.79. The molecule has 2 heterocycles. The number of amides is 1. The van der Waals surface area contributed by atoms with E-state index < -0.39 is 32.2 Å². The molecule has 1 aromatic rings. The molecule has 0 saturated carbocycles. The van der Waals surface area contributed by atoms with E-state index >= 15 is 0 Å². The fourth-order valence-corrected chi connectivity index (χ4v) is 5.51. The Hall–Kier alpha value is -1.32. The van der Waals surface area contributed by atoms with E-state index in [-0.39, 0.29) is 23.9 Å². The first-order valence-electron chi connectivity index (χ1n) is 7.71. The van der Waals surface area contributed by atoms with Gasteiger partial charge >= 0.3 is 6.18 Å². The minimum absolute atomic E-state index is 0.0124. The standard InChI is InChI=1S/C15H16ClF3N2O3S/c16-11-8-10(15(17,18)19)2-3-12(11)25(23,24)21-7-1-4-14(9-21)5-6-20-13(14)22/h2-3,8H,1,4-7,9H2,(H,20,22). The summed E-state index contributed by atoms with van der Waals surface area (Å²) in [5.74, 6) is -0.175. The van der Waals surface area contributed by atoms with Gasteiger partial charge in [-0.2, -0.15) is 17.5 Å². The summed E-state index contributed by atoms with van der Waals surface area (Å²) in [5, 5.41) is 2.23. The first-order chi connectivity index (χ1) is 11.6. The molecule has 10 heteroatoms. The second kappa shape index (κ2) is 6.14. The molecule has 2 fully saturated rings. The van der Waals surface area contributed by atoms with Gasteiger partial charge in [0.2, 0.25) is 15.9 Å². The Morgan fingerprint density at radius 1 is 1.24 bits per heavy atom. The Morgan fingerprint density at radius 3 is 2.52 bits per heavy atom. The fraction of sp³-hybridized carbons (Fsp3) is 0.533. The summed E-state index contributed by atoms with van der Waals surface area (Å²) < 4.78 is 65.0. The molecule has 5 nitrogen and oxygen atoms in total. The highest BCUT2D eigenvalue weighted by Crippen LogP contribution is 2.40. The molecule has 1 aromatic carbocycles. The van der Waals surface area contributed by atoms with E-state index in [0.29, 0.717) is 37.9 Å². The molecular weight excluding hydrogens is 381 g/mol. The molecule has 1 spiro atoms. The molecule has 1 unspecified atom stereocenters. The number of nitrogens with zero attached hydrogens (tertiary/aromatic N) is 1. The molecule has 2 saturated heterocycles. The van der Waals surface area contributed by atoms with Crippen LogP contribution in [0.5, 0.6) is 0 Å². The smallest absolute Gasteiger partial charge is 0.356 e. The van der Waals surface area contributed by atoms with E-state index in [2.05, 4.69) is 5.32 Å². The minimum Gasteiger partial charge on any atom is -0.356 e. The molecule has 0 bridgehead atoms. The predicted octanol–water partition coefficient (Wildman–Crippen LogP) is 2.65. The number of hydrogen-bond donors (Lipinski definition) is 1. The van der Waals surface area contributed by atoms with Gasteiger partial charge in [-0.25, -0.2) is 8.42 Å². The summed E-state index contributed by atoms with van der Waals surface area (Å²) in [5.41, 5.74) is -1.77. The zero-order valence-electron chi connectivity index (χ0n) is 13.1. The number of carbonyl (C=O) groups is 1. The molecule has 0 aliphatic carbocycles. The van der Waals surface area contributed by atoms with Crippen molar-refractivity contribution in [2.45, 2.75) is 30.3 Å². The van der Waals surface area contributed by atoms with Crippen LogP contribution in [0.1, 0.15) is 24.8 Å². The van der Waals surface area contributed by atoms with E-state index in [0.717, 1.165) is 10.4 Å². The zero-order chi connectivity index (χ0) is 18.5. The number of hydrogen-bond acceptors (Lipinski definition) is 3. The highest BCUT2D eigenvalue weighted by atomic mass is 35.5. The maximum atomic E-state index is 12.8. The van der Waals surface area contributed by atoms with Crippen molar-refractivity contribution in [1.29, 1.82) is 0 Å². The first kappa shape index (κ1) is 18.5. The topological polar surface area (TPSA) is 66.5 Å². The lowest BCUT2D eigenvalue weighted by Crippen LogP contribution is -2.49. The van der Waals surface area contributed by atoms with Gasteiger partial charge in [-0.05, 0) is 37.5 Å². The highest BCUT2D eigenvalue weighted by Gasteiger charge is 2.48. The minimum atomic E-state index is -4.61. The lowest BCUT2D eigenvalue weighted by Gasteiger charge is -2.37. The van der Waals surface area contributed by atoms with Gasteiger partial charge in [0.25, 0.3) is 0 Å². The van der Waals surface area contributed by atoms with Gasteiger partial charge < -0.3 is 5.32 Å². The van der Waals surface area contributed by atoms with E-state index in [9.17, 15) is 26.4 Å². The van der Waals surface area contributed by atoms with Crippen molar-refractivity contribution in [2.24, 2.45) is 5.41 Å². The van der Waals surface area contributed by atoms with E-state index in [1.165, 1.54) is 0 Å². The average molecular weight is 397 g/mol.